The number of methoxy groups -OCH3 is 1. The Kier molecular flexibility index (Phi) is 5.29. The summed E-state index contributed by atoms with van der Waals surface area (Å²) in [5.41, 5.74) is 0. The molecule has 0 atom stereocenters. The van der Waals surface area contributed by atoms with Gasteiger partial charge in [0.25, 0.3) is 5.89 Å². The number of thioether (sulfide) groups is 1. The highest BCUT2D eigenvalue weighted by atomic mass is 32.2. The van der Waals surface area contributed by atoms with Gasteiger partial charge in [-0.3, -0.25) is 0 Å². The number of hydrogen-bond acceptors (Lipinski definition) is 9. The van der Waals surface area contributed by atoms with Crippen molar-refractivity contribution in [3.8, 4) is 23.1 Å². The zero-order valence-corrected chi connectivity index (χ0v) is 16.0. The van der Waals surface area contributed by atoms with Crippen molar-refractivity contribution in [3.63, 3.8) is 0 Å². The number of benzene rings is 1. The standard InChI is InChI=1S/C18H17N5O4S/c1-23-15(10-26-13-7-5-12(24-2)6-8-13)19-22-18(23)28-11-16-20-21-17(27-16)14-4-3-9-25-14/h3-9H,10-11H2,1-2H3. The van der Waals surface area contributed by atoms with Crippen LogP contribution in [0.1, 0.15) is 11.7 Å². The lowest BCUT2D eigenvalue weighted by atomic mass is 10.3. The van der Waals surface area contributed by atoms with Crippen LogP contribution in [-0.4, -0.2) is 32.1 Å². The van der Waals surface area contributed by atoms with Gasteiger partial charge in [0.2, 0.25) is 5.89 Å². The molecule has 0 aliphatic rings. The summed E-state index contributed by atoms with van der Waals surface area (Å²) in [6.45, 7) is 0.305. The highest BCUT2D eigenvalue weighted by Gasteiger charge is 2.14. The maximum Gasteiger partial charge on any atom is 0.283 e. The molecule has 0 amide bonds. The summed E-state index contributed by atoms with van der Waals surface area (Å²) in [4.78, 5) is 0. The summed E-state index contributed by atoms with van der Waals surface area (Å²) in [7, 11) is 3.51. The van der Waals surface area contributed by atoms with Crippen molar-refractivity contribution in [2.45, 2.75) is 17.5 Å². The lowest BCUT2D eigenvalue weighted by molar-refractivity contribution is 0.290. The molecule has 28 heavy (non-hydrogen) atoms. The fraction of sp³-hybridized carbons (Fsp3) is 0.222. The molecule has 0 aliphatic carbocycles. The third-order valence-corrected chi connectivity index (χ3v) is 4.88. The van der Waals surface area contributed by atoms with Gasteiger partial charge in [-0.2, -0.15) is 0 Å². The molecule has 144 valence electrons. The molecular formula is C18H17N5O4S. The van der Waals surface area contributed by atoms with Crippen LogP contribution in [0.2, 0.25) is 0 Å². The monoisotopic (exact) mass is 399 g/mol. The highest BCUT2D eigenvalue weighted by molar-refractivity contribution is 7.98. The molecule has 0 unspecified atom stereocenters. The molecule has 0 fully saturated rings. The molecule has 0 saturated carbocycles. The van der Waals surface area contributed by atoms with Crippen LogP contribution in [0.4, 0.5) is 0 Å². The van der Waals surface area contributed by atoms with Gasteiger partial charge < -0.3 is 22.9 Å². The quantitative estimate of drug-likeness (QED) is 0.413. The molecule has 3 heterocycles. The molecule has 0 spiro atoms. The average molecular weight is 399 g/mol. The third-order valence-electron chi connectivity index (χ3n) is 3.88. The van der Waals surface area contributed by atoms with Crippen molar-refractivity contribution in [1.29, 1.82) is 0 Å². The van der Waals surface area contributed by atoms with Crippen LogP contribution in [0.5, 0.6) is 11.5 Å². The van der Waals surface area contributed by atoms with Gasteiger partial charge >= 0.3 is 0 Å². The summed E-state index contributed by atoms with van der Waals surface area (Å²) in [5, 5.41) is 17.1. The first-order valence-electron chi connectivity index (χ1n) is 8.37. The maximum absolute atomic E-state index is 5.75. The second kappa shape index (κ2) is 8.17. The molecule has 1 aromatic carbocycles. The average Bonchev–Trinajstić information content (AvgIpc) is 3.47. The van der Waals surface area contributed by atoms with Gasteiger partial charge in [-0.25, -0.2) is 0 Å². The van der Waals surface area contributed by atoms with E-state index < -0.39 is 0 Å². The largest absolute Gasteiger partial charge is 0.497 e. The number of hydrogen-bond donors (Lipinski definition) is 0. The molecular weight excluding hydrogens is 382 g/mol. The minimum absolute atomic E-state index is 0.305. The van der Waals surface area contributed by atoms with E-state index in [0.717, 1.165) is 16.7 Å². The van der Waals surface area contributed by atoms with Crippen LogP contribution in [0.25, 0.3) is 11.7 Å². The van der Waals surface area contributed by atoms with Crippen molar-refractivity contribution in [2.24, 2.45) is 7.05 Å². The second-order valence-corrected chi connectivity index (χ2v) is 6.63. The fourth-order valence-electron chi connectivity index (χ4n) is 2.35. The first-order valence-corrected chi connectivity index (χ1v) is 9.35. The summed E-state index contributed by atoms with van der Waals surface area (Å²) in [6, 6.07) is 10.9. The number of nitrogens with zero attached hydrogens (tertiary/aromatic N) is 5. The van der Waals surface area contributed by atoms with Crippen molar-refractivity contribution in [1.82, 2.24) is 25.0 Å². The Morgan fingerprint density at radius 1 is 1.04 bits per heavy atom. The van der Waals surface area contributed by atoms with Gasteiger partial charge in [-0.05, 0) is 36.4 Å². The minimum Gasteiger partial charge on any atom is -0.497 e. The third kappa shape index (κ3) is 4.01. The van der Waals surface area contributed by atoms with Gasteiger partial charge in [0.1, 0.15) is 18.1 Å². The summed E-state index contributed by atoms with van der Waals surface area (Å²) < 4.78 is 23.6. The summed E-state index contributed by atoms with van der Waals surface area (Å²) in [5.74, 6) is 4.07. The minimum atomic E-state index is 0.305. The van der Waals surface area contributed by atoms with Crippen molar-refractivity contribution in [2.75, 3.05) is 7.11 Å². The number of rotatable bonds is 8. The lowest BCUT2D eigenvalue weighted by Crippen LogP contribution is -2.04. The Hall–Kier alpha value is -3.27. The van der Waals surface area contributed by atoms with Gasteiger partial charge in [0.05, 0.1) is 19.1 Å². The topological polar surface area (TPSA) is 101 Å². The predicted molar refractivity (Wildman–Crippen MR) is 99.9 cm³/mol. The smallest absolute Gasteiger partial charge is 0.283 e. The molecule has 0 aliphatic heterocycles. The van der Waals surface area contributed by atoms with E-state index in [0.29, 0.717) is 35.7 Å². The number of furan rings is 1. The van der Waals surface area contributed by atoms with E-state index in [1.165, 1.54) is 11.8 Å². The van der Waals surface area contributed by atoms with Crippen LogP contribution in [0, 0.1) is 0 Å². The van der Waals surface area contributed by atoms with E-state index in [9.17, 15) is 0 Å². The zero-order valence-electron chi connectivity index (χ0n) is 15.2. The summed E-state index contributed by atoms with van der Waals surface area (Å²) in [6.07, 6.45) is 1.56. The Morgan fingerprint density at radius 3 is 2.61 bits per heavy atom. The normalized spacial score (nSPS) is 10.9. The molecule has 4 aromatic rings. The van der Waals surface area contributed by atoms with E-state index >= 15 is 0 Å². The van der Waals surface area contributed by atoms with E-state index in [1.54, 1.807) is 25.5 Å². The van der Waals surface area contributed by atoms with Gasteiger partial charge in [0, 0.05) is 7.05 Å². The van der Waals surface area contributed by atoms with Gasteiger partial charge in [0.15, 0.2) is 16.7 Å². The van der Waals surface area contributed by atoms with Crippen molar-refractivity contribution >= 4 is 11.8 Å². The van der Waals surface area contributed by atoms with Crippen LogP contribution in [0.3, 0.4) is 0 Å². The molecule has 0 saturated heterocycles. The van der Waals surface area contributed by atoms with E-state index in [-0.39, 0.29) is 0 Å². The molecule has 0 bridgehead atoms. The van der Waals surface area contributed by atoms with E-state index in [1.807, 2.05) is 35.9 Å². The second-order valence-electron chi connectivity index (χ2n) is 5.69. The maximum atomic E-state index is 5.75. The van der Waals surface area contributed by atoms with Gasteiger partial charge in [-0.15, -0.1) is 20.4 Å². The SMILES string of the molecule is COc1ccc(OCc2nnc(SCc3nnc(-c4ccco4)o3)n2C)cc1. The highest BCUT2D eigenvalue weighted by Crippen LogP contribution is 2.24. The number of ether oxygens (including phenoxy) is 2. The lowest BCUT2D eigenvalue weighted by Gasteiger charge is -2.07. The van der Waals surface area contributed by atoms with E-state index in [4.69, 9.17) is 18.3 Å². The number of aromatic nitrogens is 5. The Bertz CT molecular complexity index is 1030. The first-order chi connectivity index (χ1) is 13.7. The van der Waals surface area contributed by atoms with Crippen molar-refractivity contribution < 1.29 is 18.3 Å². The Balaban J connectivity index is 1.34. The molecule has 0 radical (unpaired) electrons. The van der Waals surface area contributed by atoms with Gasteiger partial charge in [-0.1, -0.05) is 11.8 Å². The molecule has 10 heteroatoms. The Morgan fingerprint density at radius 2 is 1.86 bits per heavy atom. The van der Waals surface area contributed by atoms with Crippen LogP contribution in [0.15, 0.2) is 56.7 Å². The first kappa shape index (κ1) is 18.1. The van der Waals surface area contributed by atoms with Crippen molar-refractivity contribution in [3.05, 3.63) is 54.4 Å². The molecule has 4 rings (SSSR count). The Labute approximate surface area is 164 Å². The van der Waals surface area contributed by atoms with E-state index in [2.05, 4.69) is 20.4 Å². The molecule has 0 N–H and O–H groups in total. The van der Waals surface area contributed by atoms with Crippen LogP contribution >= 0.6 is 11.8 Å². The zero-order chi connectivity index (χ0) is 19.3. The van der Waals surface area contributed by atoms with Crippen LogP contribution in [-0.2, 0) is 19.4 Å². The van der Waals surface area contributed by atoms with Crippen LogP contribution < -0.4 is 9.47 Å². The predicted octanol–water partition coefficient (Wildman–Crippen LogP) is 3.34. The molecule has 3 aromatic heterocycles. The molecule has 9 nitrogen and oxygen atoms in total. The fourth-order valence-corrected chi connectivity index (χ4v) is 3.12. The summed E-state index contributed by atoms with van der Waals surface area (Å²) >= 11 is 1.45.